The number of nitrogens with two attached hydrogens (primary N) is 1. The van der Waals surface area contributed by atoms with E-state index in [0.29, 0.717) is 0 Å². The molecule has 1 aromatic carbocycles. The molecule has 0 saturated heterocycles. The standard InChI is InChI=1S/C18H23N3O3S/c1-13-7-8-15(11-14(13)2)18(16-5-3-9-20-12-16)21-17(22)6-4-10-25(19,23)24/h3,5,7-9,11-12,18H,4,6,10H2,1-2H3,(H,21,22)(H2,19,23,24)/t18-/m0/s1. The highest BCUT2D eigenvalue weighted by atomic mass is 32.2. The Morgan fingerprint density at radius 2 is 1.96 bits per heavy atom. The van der Waals surface area contributed by atoms with Gasteiger partial charge in [-0.05, 0) is 48.6 Å². The molecule has 1 aromatic heterocycles. The molecule has 0 fully saturated rings. The van der Waals surface area contributed by atoms with Crippen LogP contribution in [0.2, 0.25) is 0 Å². The predicted molar refractivity (Wildman–Crippen MR) is 97.3 cm³/mol. The number of primary sulfonamides is 1. The molecule has 25 heavy (non-hydrogen) atoms. The summed E-state index contributed by atoms with van der Waals surface area (Å²) in [4.78, 5) is 16.4. The number of benzene rings is 1. The van der Waals surface area contributed by atoms with E-state index in [4.69, 9.17) is 5.14 Å². The molecule has 0 bridgehead atoms. The van der Waals surface area contributed by atoms with E-state index < -0.39 is 10.0 Å². The molecular formula is C18H23N3O3S. The van der Waals surface area contributed by atoms with Gasteiger partial charge in [-0.15, -0.1) is 0 Å². The number of amides is 1. The lowest BCUT2D eigenvalue weighted by atomic mass is 9.96. The summed E-state index contributed by atoms with van der Waals surface area (Å²) in [6, 6.07) is 9.41. The lowest BCUT2D eigenvalue weighted by molar-refractivity contribution is -0.121. The van der Waals surface area contributed by atoms with Gasteiger partial charge in [-0.1, -0.05) is 24.3 Å². The van der Waals surface area contributed by atoms with Crippen molar-refractivity contribution in [3.8, 4) is 0 Å². The van der Waals surface area contributed by atoms with Gasteiger partial charge in [-0.3, -0.25) is 9.78 Å². The molecule has 134 valence electrons. The molecule has 0 saturated carbocycles. The van der Waals surface area contributed by atoms with E-state index in [1.165, 1.54) is 5.56 Å². The zero-order chi connectivity index (χ0) is 18.4. The van der Waals surface area contributed by atoms with Crippen LogP contribution in [0.3, 0.4) is 0 Å². The van der Waals surface area contributed by atoms with Crippen molar-refractivity contribution >= 4 is 15.9 Å². The summed E-state index contributed by atoms with van der Waals surface area (Å²) in [7, 11) is -3.55. The molecule has 1 atom stereocenters. The summed E-state index contributed by atoms with van der Waals surface area (Å²) < 4.78 is 22.0. The number of carbonyl (C=O) groups is 1. The molecule has 0 radical (unpaired) electrons. The Balaban J connectivity index is 2.18. The van der Waals surface area contributed by atoms with E-state index in [-0.39, 0.29) is 30.5 Å². The van der Waals surface area contributed by atoms with E-state index in [0.717, 1.165) is 16.7 Å². The van der Waals surface area contributed by atoms with Crippen LogP contribution in [0.5, 0.6) is 0 Å². The van der Waals surface area contributed by atoms with Crippen LogP contribution in [0.1, 0.15) is 41.1 Å². The van der Waals surface area contributed by atoms with Crippen molar-refractivity contribution in [2.75, 3.05) is 5.75 Å². The maximum Gasteiger partial charge on any atom is 0.220 e. The molecule has 1 amide bonds. The number of hydrogen-bond donors (Lipinski definition) is 2. The first-order chi connectivity index (χ1) is 11.8. The SMILES string of the molecule is Cc1ccc([C@H](NC(=O)CCCS(N)(=O)=O)c2cccnc2)cc1C. The summed E-state index contributed by atoms with van der Waals surface area (Å²) in [5, 5.41) is 7.94. The van der Waals surface area contributed by atoms with Gasteiger partial charge in [0.2, 0.25) is 15.9 Å². The second kappa shape index (κ2) is 8.22. The second-order valence-electron chi connectivity index (χ2n) is 6.10. The van der Waals surface area contributed by atoms with Gasteiger partial charge in [0, 0.05) is 18.8 Å². The number of aryl methyl sites for hydroxylation is 2. The van der Waals surface area contributed by atoms with Crippen LogP contribution in [-0.4, -0.2) is 25.1 Å². The van der Waals surface area contributed by atoms with Gasteiger partial charge in [-0.25, -0.2) is 13.6 Å². The summed E-state index contributed by atoms with van der Waals surface area (Å²) in [5.74, 6) is -0.433. The normalized spacial score (nSPS) is 12.6. The molecule has 0 unspecified atom stereocenters. The van der Waals surface area contributed by atoms with Crippen LogP contribution in [0, 0.1) is 13.8 Å². The first-order valence-electron chi connectivity index (χ1n) is 8.03. The van der Waals surface area contributed by atoms with Crippen molar-refractivity contribution in [3.05, 3.63) is 65.0 Å². The second-order valence-corrected chi connectivity index (χ2v) is 7.84. The maximum absolute atomic E-state index is 12.3. The summed E-state index contributed by atoms with van der Waals surface area (Å²) >= 11 is 0. The third-order valence-corrected chi connectivity index (χ3v) is 4.88. The fraction of sp³-hybridized carbons (Fsp3) is 0.333. The van der Waals surface area contributed by atoms with E-state index >= 15 is 0 Å². The van der Waals surface area contributed by atoms with Crippen molar-refractivity contribution in [1.82, 2.24) is 10.3 Å². The van der Waals surface area contributed by atoms with Crippen molar-refractivity contribution in [2.24, 2.45) is 5.14 Å². The summed E-state index contributed by atoms with van der Waals surface area (Å²) in [6.45, 7) is 4.05. The molecule has 0 aliphatic heterocycles. The maximum atomic E-state index is 12.3. The minimum Gasteiger partial charge on any atom is -0.345 e. The quantitative estimate of drug-likeness (QED) is 0.787. The number of pyridine rings is 1. The average molecular weight is 361 g/mol. The topological polar surface area (TPSA) is 102 Å². The molecule has 6 nitrogen and oxygen atoms in total. The van der Waals surface area contributed by atoms with Crippen LogP contribution >= 0.6 is 0 Å². The molecule has 2 rings (SSSR count). The lowest BCUT2D eigenvalue weighted by Gasteiger charge is -2.20. The summed E-state index contributed by atoms with van der Waals surface area (Å²) in [5.41, 5.74) is 4.13. The van der Waals surface area contributed by atoms with E-state index in [1.54, 1.807) is 12.4 Å². The van der Waals surface area contributed by atoms with E-state index in [2.05, 4.69) is 10.3 Å². The predicted octanol–water partition coefficient (Wildman–Crippen LogP) is 1.97. The fourth-order valence-corrected chi connectivity index (χ4v) is 3.06. The number of aromatic nitrogens is 1. The number of nitrogens with one attached hydrogen (secondary N) is 1. The zero-order valence-corrected chi connectivity index (χ0v) is 15.2. The van der Waals surface area contributed by atoms with Gasteiger partial charge in [0.25, 0.3) is 0 Å². The van der Waals surface area contributed by atoms with Crippen LogP contribution < -0.4 is 10.5 Å². The fourth-order valence-electron chi connectivity index (χ4n) is 2.52. The highest BCUT2D eigenvalue weighted by molar-refractivity contribution is 7.89. The van der Waals surface area contributed by atoms with Gasteiger partial charge in [-0.2, -0.15) is 0 Å². The van der Waals surface area contributed by atoms with E-state index in [9.17, 15) is 13.2 Å². The van der Waals surface area contributed by atoms with Crippen LogP contribution in [-0.2, 0) is 14.8 Å². The number of hydrogen-bond acceptors (Lipinski definition) is 4. The van der Waals surface area contributed by atoms with Crippen LogP contribution in [0.25, 0.3) is 0 Å². The Hall–Kier alpha value is -2.25. The first kappa shape index (κ1) is 19.1. The largest absolute Gasteiger partial charge is 0.345 e. The van der Waals surface area contributed by atoms with Crippen LogP contribution in [0.4, 0.5) is 0 Å². The average Bonchev–Trinajstić information content (AvgIpc) is 2.55. The lowest BCUT2D eigenvalue weighted by Crippen LogP contribution is -2.30. The van der Waals surface area contributed by atoms with Gasteiger partial charge < -0.3 is 5.32 Å². The van der Waals surface area contributed by atoms with Gasteiger partial charge in [0.05, 0.1) is 11.8 Å². The number of rotatable bonds is 7. The molecule has 7 heteroatoms. The number of carbonyl (C=O) groups excluding carboxylic acids is 1. The zero-order valence-electron chi connectivity index (χ0n) is 14.4. The van der Waals surface area contributed by atoms with Crippen molar-refractivity contribution < 1.29 is 13.2 Å². The minimum absolute atomic E-state index is 0.0953. The first-order valence-corrected chi connectivity index (χ1v) is 9.75. The Kier molecular flexibility index (Phi) is 6.27. The van der Waals surface area contributed by atoms with Gasteiger partial charge >= 0.3 is 0 Å². The molecular weight excluding hydrogens is 338 g/mol. The molecule has 3 N–H and O–H groups in total. The molecule has 0 spiro atoms. The third kappa shape index (κ3) is 5.95. The molecule has 0 aliphatic carbocycles. The monoisotopic (exact) mass is 361 g/mol. The van der Waals surface area contributed by atoms with Gasteiger partial charge in [0.15, 0.2) is 0 Å². The van der Waals surface area contributed by atoms with E-state index in [1.807, 2.05) is 44.2 Å². The molecule has 1 heterocycles. The van der Waals surface area contributed by atoms with Crippen molar-refractivity contribution in [3.63, 3.8) is 0 Å². The minimum atomic E-state index is -3.55. The Labute approximate surface area is 148 Å². The Morgan fingerprint density at radius 1 is 1.20 bits per heavy atom. The Bertz CT molecular complexity index is 836. The number of sulfonamides is 1. The Morgan fingerprint density at radius 3 is 2.56 bits per heavy atom. The highest BCUT2D eigenvalue weighted by Crippen LogP contribution is 2.23. The van der Waals surface area contributed by atoms with Crippen molar-refractivity contribution in [2.45, 2.75) is 32.7 Å². The molecule has 0 aliphatic rings. The van der Waals surface area contributed by atoms with Crippen molar-refractivity contribution in [1.29, 1.82) is 0 Å². The number of nitrogens with zero attached hydrogens (tertiary/aromatic N) is 1. The highest BCUT2D eigenvalue weighted by Gasteiger charge is 2.18. The smallest absolute Gasteiger partial charge is 0.220 e. The summed E-state index contributed by atoms with van der Waals surface area (Å²) in [6.07, 6.45) is 3.68. The third-order valence-electron chi connectivity index (χ3n) is 4.02. The van der Waals surface area contributed by atoms with Crippen LogP contribution in [0.15, 0.2) is 42.7 Å². The van der Waals surface area contributed by atoms with Gasteiger partial charge in [0.1, 0.15) is 0 Å². The molecule has 2 aromatic rings.